The topological polar surface area (TPSA) is 65.5 Å². The van der Waals surface area contributed by atoms with Crippen LogP contribution in [0.2, 0.25) is 0 Å². The monoisotopic (exact) mass is 342 g/mol. The molecule has 0 aliphatic carbocycles. The fraction of sp³-hybridized carbons (Fsp3) is 0.263. The number of carbonyl (C=O) groups excluding carboxylic acids is 1. The van der Waals surface area contributed by atoms with Crippen LogP contribution in [0.3, 0.4) is 0 Å². The Morgan fingerprint density at radius 2 is 1.64 bits per heavy atom. The largest absolute Gasteiger partial charge is 0.357 e. The van der Waals surface area contributed by atoms with E-state index in [0.717, 1.165) is 0 Å². The van der Waals surface area contributed by atoms with Crippen molar-refractivity contribution in [3.63, 3.8) is 0 Å². The number of benzene rings is 2. The Balaban J connectivity index is 1.80. The number of guanidine groups is 1. The summed E-state index contributed by atoms with van der Waals surface area (Å²) < 4.78 is 13.6. The van der Waals surface area contributed by atoms with Crippen LogP contribution in [0.5, 0.6) is 0 Å². The summed E-state index contributed by atoms with van der Waals surface area (Å²) in [5, 5.41) is 9.05. The van der Waals surface area contributed by atoms with Gasteiger partial charge in [0.1, 0.15) is 5.82 Å². The third kappa shape index (κ3) is 6.25. The first-order chi connectivity index (χ1) is 12.2. The zero-order chi connectivity index (χ0) is 17.9. The van der Waals surface area contributed by atoms with Gasteiger partial charge in [0.15, 0.2) is 5.96 Å². The number of rotatable bonds is 7. The highest BCUT2D eigenvalue weighted by atomic mass is 19.1. The summed E-state index contributed by atoms with van der Waals surface area (Å²) in [4.78, 5) is 16.3. The number of nitrogens with one attached hydrogen (secondary N) is 3. The standard InChI is InChI=1S/C19H23FN4O/c1-2-21-19(24-14-16-10-6-7-11-17(16)20)23-13-12-22-18(25)15-8-4-3-5-9-15/h3-11H,2,12-14H2,1H3,(H,22,25)(H2,21,23,24). The van der Waals surface area contributed by atoms with Gasteiger partial charge in [0.2, 0.25) is 0 Å². The summed E-state index contributed by atoms with van der Waals surface area (Å²) in [7, 11) is 0. The SMILES string of the molecule is CCNC(=NCc1ccccc1F)NCCNC(=O)c1ccccc1. The number of nitrogens with zero attached hydrogens (tertiary/aromatic N) is 1. The highest BCUT2D eigenvalue weighted by Crippen LogP contribution is 2.07. The molecule has 0 bridgehead atoms. The number of carbonyl (C=O) groups is 1. The average molecular weight is 342 g/mol. The van der Waals surface area contributed by atoms with E-state index in [0.29, 0.717) is 36.7 Å². The van der Waals surface area contributed by atoms with E-state index < -0.39 is 0 Å². The lowest BCUT2D eigenvalue weighted by atomic mass is 10.2. The summed E-state index contributed by atoms with van der Waals surface area (Å²) in [6, 6.07) is 15.6. The van der Waals surface area contributed by atoms with Crippen molar-refractivity contribution in [1.82, 2.24) is 16.0 Å². The van der Waals surface area contributed by atoms with E-state index in [2.05, 4.69) is 20.9 Å². The second-order valence-corrected chi connectivity index (χ2v) is 5.34. The van der Waals surface area contributed by atoms with Gasteiger partial charge in [-0.3, -0.25) is 4.79 Å². The lowest BCUT2D eigenvalue weighted by molar-refractivity contribution is 0.0954. The van der Waals surface area contributed by atoms with Crippen LogP contribution in [0, 0.1) is 5.82 Å². The molecule has 0 aliphatic rings. The van der Waals surface area contributed by atoms with E-state index in [1.165, 1.54) is 6.07 Å². The maximum Gasteiger partial charge on any atom is 0.251 e. The molecule has 0 heterocycles. The Hall–Kier alpha value is -2.89. The predicted octanol–water partition coefficient (Wildman–Crippen LogP) is 2.31. The molecule has 2 aromatic carbocycles. The number of aliphatic imine (C=N–C) groups is 1. The van der Waals surface area contributed by atoms with Crippen molar-refractivity contribution in [3.05, 3.63) is 71.5 Å². The molecule has 6 heteroatoms. The van der Waals surface area contributed by atoms with Crippen LogP contribution >= 0.6 is 0 Å². The van der Waals surface area contributed by atoms with Gasteiger partial charge in [-0.05, 0) is 25.1 Å². The predicted molar refractivity (Wildman–Crippen MR) is 98.0 cm³/mol. The van der Waals surface area contributed by atoms with Crippen molar-refractivity contribution in [2.75, 3.05) is 19.6 Å². The van der Waals surface area contributed by atoms with E-state index in [4.69, 9.17) is 0 Å². The second-order valence-electron chi connectivity index (χ2n) is 5.34. The minimum absolute atomic E-state index is 0.115. The third-order valence-corrected chi connectivity index (χ3v) is 3.45. The summed E-state index contributed by atoms with van der Waals surface area (Å²) in [6.45, 7) is 3.87. The Labute approximate surface area is 147 Å². The first kappa shape index (κ1) is 18.4. The van der Waals surface area contributed by atoms with Gasteiger partial charge in [-0.15, -0.1) is 0 Å². The molecule has 0 unspecified atom stereocenters. The molecule has 0 saturated heterocycles. The number of hydrogen-bond donors (Lipinski definition) is 3. The van der Waals surface area contributed by atoms with Gasteiger partial charge in [-0.1, -0.05) is 36.4 Å². The van der Waals surface area contributed by atoms with Crippen LogP contribution in [0.4, 0.5) is 4.39 Å². The minimum atomic E-state index is -0.266. The molecule has 0 fully saturated rings. The molecule has 2 rings (SSSR count). The zero-order valence-corrected chi connectivity index (χ0v) is 14.3. The van der Waals surface area contributed by atoms with E-state index in [9.17, 15) is 9.18 Å². The quantitative estimate of drug-likeness (QED) is 0.411. The molecular formula is C19H23FN4O. The van der Waals surface area contributed by atoms with Crippen LogP contribution < -0.4 is 16.0 Å². The number of hydrogen-bond acceptors (Lipinski definition) is 2. The molecular weight excluding hydrogens is 319 g/mol. The summed E-state index contributed by atoms with van der Waals surface area (Å²) in [6.07, 6.45) is 0. The van der Waals surface area contributed by atoms with Gasteiger partial charge in [-0.2, -0.15) is 0 Å². The van der Waals surface area contributed by atoms with E-state index in [-0.39, 0.29) is 18.3 Å². The molecule has 0 aromatic heterocycles. The smallest absolute Gasteiger partial charge is 0.251 e. The molecule has 3 N–H and O–H groups in total. The van der Waals surface area contributed by atoms with Crippen molar-refractivity contribution in [1.29, 1.82) is 0 Å². The first-order valence-electron chi connectivity index (χ1n) is 8.29. The highest BCUT2D eigenvalue weighted by Gasteiger charge is 2.04. The Bertz CT molecular complexity index is 704. The van der Waals surface area contributed by atoms with Gasteiger partial charge >= 0.3 is 0 Å². The lowest BCUT2D eigenvalue weighted by Crippen LogP contribution is -2.41. The van der Waals surface area contributed by atoms with Crippen molar-refractivity contribution >= 4 is 11.9 Å². The molecule has 0 saturated carbocycles. The second kappa shape index (κ2) is 10.1. The molecule has 1 amide bonds. The molecule has 0 atom stereocenters. The molecule has 132 valence electrons. The van der Waals surface area contributed by atoms with Crippen LogP contribution in [0.1, 0.15) is 22.8 Å². The summed E-state index contributed by atoms with van der Waals surface area (Å²) in [5.74, 6) is 0.202. The van der Waals surface area contributed by atoms with Crippen LogP contribution in [-0.4, -0.2) is 31.5 Å². The molecule has 0 radical (unpaired) electrons. The van der Waals surface area contributed by atoms with Crippen molar-refractivity contribution in [2.45, 2.75) is 13.5 Å². The van der Waals surface area contributed by atoms with Crippen molar-refractivity contribution < 1.29 is 9.18 Å². The summed E-state index contributed by atoms with van der Waals surface area (Å²) in [5.41, 5.74) is 1.17. The minimum Gasteiger partial charge on any atom is -0.357 e. The molecule has 2 aromatic rings. The van der Waals surface area contributed by atoms with Gasteiger partial charge in [0.25, 0.3) is 5.91 Å². The first-order valence-corrected chi connectivity index (χ1v) is 8.29. The normalized spacial score (nSPS) is 11.0. The number of amides is 1. The van der Waals surface area contributed by atoms with Crippen LogP contribution in [0.15, 0.2) is 59.6 Å². The molecule has 5 nitrogen and oxygen atoms in total. The lowest BCUT2D eigenvalue weighted by Gasteiger charge is -2.12. The molecule has 0 spiro atoms. The van der Waals surface area contributed by atoms with Crippen molar-refractivity contribution in [3.8, 4) is 0 Å². The Kier molecular flexibility index (Phi) is 7.43. The van der Waals surface area contributed by atoms with E-state index in [1.54, 1.807) is 30.3 Å². The highest BCUT2D eigenvalue weighted by molar-refractivity contribution is 5.94. The zero-order valence-electron chi connectivity index (χ0n) is 14.3. The fourth-order valence-corrected chi connectivity index (χ4v) is 2.18. The Morgan fingerprint density at radius 1 is 0.960 bits per heavy atom. The molecule has 25 heavy (non-hydrogen) atoms. The van der Waals surface area contributed by atoms with Gasteiger partial charge in [0, 0.05) is 30.8 Å². The fourth-order valence-electron chi connectivity index (χ4n) is 2.18. The van der Waals surface area contributed by atoms with Gasteiger partial charge in [-0.25, -0.2) is 9.38 Å². The maximum absolute atomic E-state index is 13.6. The van der Waals surface area contributed by atoms with Crippen LogP contribution in [0.25, 0.3) is 0 Å². The van der Waals surface area contributed by atoms with E-state index in [1.807, 2.05) is 25.1 Å². The number of halogens is 1. The third-order valence-electron chi connectivity index (χ3n) is 3.45. The Morgan fingerprint density at radius 3 is 2.36 bits per heavy atom. The van der Waals surface area contributed by atoms with Crippen LogP contribution in [-0.2, 0) is 6.54 Å². The van der Waals surface area contributed by atoms with Gasteiger partial charge < -0.3 is 16.0 Å². The molecule has 0 aliphatic heterocycles. The van der Waals surface area contributed by atoms with Crippen molar-refractivity contribution in [2.24, 2.45) is 4.99 Å². The maximum atomic E-state index is 13.6. The van der Waals surface area contributed by atoms with Gasteiger partial charge in [0.05, 0.1) is 6.54 Å². The summed E-state index contributed by atoms with van der Waals surface area (Å²) >= 11 is 0. The average Bonchev–Trinajstić information content (AvgIpc) is 2.64. The van der Waals surface area contributed by atoms with E-state index >= 15 is 0 Å².